The highest BCUT2D eigenvalue weighted by Crippen LogP contribution is 2.25. The minimum atomic E-state index is -4.51. The largest absolute Gasteiger partial charge is 0.497 e. The van der Waals surface area contributed by atoms with Gasteiger partial charge < -0.3 is 19.5 Å². The van der Waals surface area contributed by atoms with Crippen LogP contribution in [0.5, 0.6) is 11.5 Å². The van der Waals surface area contributed by atoms with Gasteiger partial charge in [-0.3, -0.25) is 4.79 Å². The molecule has 0 atom stereocenters. The average molecular weight is 321 g/mol. The molecule has 1 N–H and O–H groups in total. The van der Waals surface area contributed by atoms with E-state index >= 15 is 0 Å². The molecular formula is C13H14F3NO5. The van der Waals surface area contributed by atoms with E-state index < -0.39 is 31.2 Å². The molecule has 0 saturated carbocycles. The maximum absolute atomic E-state index is 12.0. The van der Waals surface area contributed by atoms with Crippen LogP contribution in [0.15, 0.2) is 18.2 Å². The fourth-order valence-corrected chi connectivity index (χ4v) is 1.42. The quantitative estimate of drug-likeness (QED) is 0.805. The monoisotopic (exact) mass is 321 g/mol. The molecule has 0 bridgehead atoms. The van der Waals surface area contributed by atoms with Crippen LogP contribution in [0.4, 0.5) is 13.2 Å². The van der Waals surface area contributed by atoms with Crippen LogP contribution in [0.3, 0.4) is 0 Å². The Bertz CT molecular complexity index is 545. The lowest BCUT2D eigenvalue weighted by atomic mass is 10.2. The fourth-order valence-electron chi connectivity index (χ4n) is 1.42. The van der Waals surface area contributed by atoms with Crippen LogP contribution < -0.4 is 14.8 Å². The first-order valence-corrected chi connectivity index (χ1v) is 5.99. The zero-order valence-corrected chi connectivity index (χ0v) is 11.8. The van der Waals surface area contributed by atoms with E-state index in [2.05, 4.69) is 4.74 Å². The summed E-state index contributed by atoms with van der Waals surface area (Å²) >= 11 is 0. The molecule has 0 unspecified atom stereocenters. The highest BCUT2D eigenvalue weighted by molar-refractivity contribution is 5.92. The predicted molar refractivity (Wildman–Crippen MR) is 68.9 cm³/mol. The number of carbonyl (C=O) groups is 2. The number of hydrogen-bond donors (Lipinski definition) is 1. The van der Waals surface area contributed by atoms with E-state index in [4.69, 9.17) is 9.47 Å². The van der Waals surface area contributed by atoms with Gasteiger partial charge in [-0.2, -0.15) is 13.2 Å². The topological polar surface area (TPSA) is 73.9 Å². The molecular weight excluding hydrogens is 307 g/mol. The maximum Gasteiger partial charge on any atom is 0.405 e. The molecule has 0 aliphatic heterocycles. The lowest BCUT2D eigenvalue weighted by Gasteiger charge is -2.12. The van der Waals surface area contributed by atoms with Gasteiger partial charge in [0.15, 0.2) is 6.61 Å². The Labute approximate surface area is 124 Å². The van der Waals surface area contributed by atoms with Gasteiger partial charge in [-0.25, -0.2) is 4.79 Å². The van der Waals surface area contributed by atoms with E-state index in [1.807, 2.05) is 0 Å². The number of alkyl halides is 3. The Morgan fingerprint density at radius 3 is 2.45 bits per heavy atom. The first-order valence-electron chi connectivity index (χ1n) is 5.99. The summed E-state index contributed by atoms with van der Waals surface area (Å²) in [6.45, 7) is -2.15. The molecule has 1 aromatic carbocycles. The Hall–Kier alpha value is -2.45. The second kappa shape index (κ2) is 7.53. The van der Waals surface area contributed by atoms with Gasteiger partial charge in [-0.05, 0) is 12.1 Å². The number of hydrogen-bond acceptors (Lipinski definition) is 5. The number of benzene rings is 1. The van der Waals surface area contributed by atoms with Crippen molar-refractivity contribution in [3.05, 3.63) is 23.8 Å². The highest BCUT2D eigenvalue weighted by Gasteiger charge is 2.27. The molecule has 0 fully saturated rings. The van der Waals surface area contributed by atoms with Crippen molar-refractivity contribution in [1.82, 2.24) is 5.32 Å². The summed E-state index contributed by atoms with van der Waals surface area (Å²) in [6.07, 6.45) is -4.51. The SMILES string of the molecule is COC(=O)c1ccc(OC)cc1OCC(=O)NCC(F)(F)F. The van der Waals surface area contributed by atoms with Crippen molar-refractivity contribution in [2.24, 2.45) is 0 Å². The lowest BCUT2D eigenvalue weighted by Crippen LogP contribution is -2.36. The van der Waals surface area contributed by atoms with Gasteiger partial charge in [0.25, 0.3) is 5.91 Å². The summed E-state index contributed by atoms with van der Waals surface area (Å²) in [5.74, 6) is -1.38. The Morgan fingerprint density at radius 2 is 1.91 bits per heavy atom. The van der Waals surface area contributed by atoms with Gasteiger partial charge in [-0.1, -0.05) is 0 Å². The van der Waals surface area contributed by atoms with Crippen molar-refractivity contribution >= 4 is 11.9 Å². The van der Waals surface area contributed by atoms with Gasteiger partial charge in [-0.15, -0.1) is 0 Å². The smallest absolute Gasteiger partial charge is 0.405 e. The summed E-state index contributed by atoms with van der Waals surface area (Å²) < 4.78 is 50.4. The van der Waals surface area contributed by atoms with Crippen LogP contribution in [-0.4, -0.2) is 45.4 Å². The first-order chi connectivity index (χ1) is 10.3. The lowest BCUT2D eigenvalue weighted by molar-refractivity contribution is -0.139. The minimum Gasteiger partial charge on any atom is -0.497 e. The van der Waals surface area contributed by atoms with Crippen molar-refractivity contribution in [3.8, 4) is 11.5 Å². The van der Waals surface area contributed by atoms with Gasteiger partial charge in [0.05, 0.1) is 14.2 Å². The zero-order valence-electron chi connectivity index (χ0n) is 11.8. The molecule has 0 radical (unpaired) electrons. The molecule has 0 aliphatic carbocycles. The number of amides is 1. The third-order valence-electron chi connectivity index (χ3n) is 2.44. The van der Waals surface area contributed by atoms with Gasteiger partial charge in [0.1, 0.15) is 23.6 Å². The number of methoxy groups -OCH3 is 2. The van der Waals surface area contributed by atoms with Crippen LogP contribution in [0.1, 0.15) is 10.4 Å². The second-order valence-corrected chi connectivity index (χ2v) is 4.03. The van der Waals surface area contributed by atoms with Crippen LogP contribution in [0, 0.1) is 0 Å². The second-order valence-electron chi connectivity index (χ2n) is 4.03. The molecule has 0 heterocycles. The average Bonchev–Trinajstić information content (AvgIpc) is 2.49. The molecule has 0 saturated heterocycles. The molecule has 0 aliphatic rings. The Kier molecular flexibility index (Phi) is 6.02. The number of ether oxygens (including phenoxy) is 3. The third-order valence-corrected chi connectivity index (χ3v) is 2.44. The molecule has 9 heteroatoms. The van der Waals surface area contributed by atoms with E-state index in [0.717, 1.165) is 7.11 Å². The van der Waals surface area contributed by atoms with Crippen molar-refractivity contribution in [1.29, 1.82) is 0 Å². The van der Waals surface area contributed by atoms with E-state index in [9.17, 15) is 22.8 Å². The van der Waals surface area contributed by atoms with Crippen LogP contribution in [0.2, 0.25) is 0 Å². The summed E-state index contributed by atoms with van der Waals surface area (Å²) in [6, 6.07) is 4.15. The number of carbonyl (C=O) groups excluding carboxylic acids is 2. The molecule has 0 spiro atoms. The maximum atomic E-state index is 12.0. The summed E-state index contributed by atoms with van der Waals surface area (Å²) in [4.78, 5) is 22.8. The van der Waals surface area contributed by atoms with E-state index in [1.54, 1.807) is 5.32 Å². The summed E-state index contributed by atoms with van der Waals surface area (Å²) in [5, 5.41) is 1.65. The Morgan fingerprint density at radius 1 is 1.23 bits per heavy atom. The predicted octanol–water partition coefficient (Wildman–Crippen LogP) is 1.54. The van der Waals surface area contributed by atoms with Crippen molar-refractivity contribution in [2.75, 3.05) is 27.4 Å². The van der Waals surface area contributed by atoms with E-state index in [-0.39, 0.29) is 11.3 Å². The zero-order chi connectivity index (χ0) is 16.8. The summed E-state index contributed by atoms with van der Waals surface area (Å²) in [7, 11) is 2.54. The van der Waals surface area contributed by atoms with Gasteiger partial charge >= 0.3 is 12.1 Å². The molecule has 6 nitrogen and oxygen atoms in total. The van der Waals surface area contributed by atoms with Crippen molar-refractivity contribution in [2.45, 2.75) is 6.18 Å². The van der Waals surface area contributed by atoms with Gasteiger partial charge in [0.2, 0.25) is 0 Å². The summed E-state index contributed by atoms with van der Waals surface area (Å²) in [5.41, 5.74) is 0.0203. The minimum absolute atomic E-state index is 0.0203. The third kappa shape index (κ3) is 5.51. The number of halogens is 3. The van der Waals surface area contributed by atoms with Crippen LogP contribution >= 0.6 is 0 Å². The fraction of sp³-hybridized carbons (Fsp3) is 0.385. The molecule has 1 amide bonds. The standard InChI is InChI=1S/C13H14F3NO5/c1-20-8-3-4-9(12(19)21-2)10(5-8)22-6-11(18)17-7-13(14,15)16/h3-5H,6-7H2,1-2H3,(H,17,18). The molecule has 1 aromatic rings. The van der Waals surface area contributed by atoms with Crippen LogP contribution in [-0.2, 0) is 9.53 Å². The Balaban J connectivity index is 2.74. The first kappa shape index (κ1) is 17.6. The number of rotatable bonds is 6. The molecule has 22 heavy (non-hydrogen) atoms. The van der Waals surface area contributed by atoms with Crippen LogP contribution in [0.25, 0.3) is 0 Å². The van der Waals surface area contributed by atoms with E-state index in [1.165, 1.54) is 25.3 Å². The number of nitrogens with one attached hydrogen (secondary N) is 1. The molecule has 1 rings (SSSR count). The van der Waals surface area contributed by atoms with Crippen molar-refractivity contribution < 1.29 is 37.0 Å². The van der Waals surface area contributed by atoms with Crippen molar-refractivity contribution in [3.63, 3.8) is 0 Å². The van der Waals surface area contributed by atoms with Gasteiger partial charge in [0, 0.05) is 6.07 Å². The number of esters is 1. The normalized spacial score (nSPS) is 10.8. The molecule has 0 aromatic heterocycles. The van der Waals surface area contributed by atoms with E-state index in [0.29, 0.717) is 5.75 Å². The molecule has 122 valence electrons. The highest BCUT2D eigenvalue weighted by atomic mass is 19.4.